The average molecular weight is 326 g/mol. The highest BCUT2D eigenvalue weighted by Gasteiger charge is 2.04. The Hall–Kier alpha value is -2.49. The fraction of sp³-hybridized carbons (Fsp3) is 0.350. The number of rotatable bonds is 7. The SMILES string of the molecule is CCCCc1ccc(NC(=O)NCOc2cccc(C)c2C)cc1. The molecule has 128 valence electrons. The highest BCUT2D eigenvalue weighted by molar-refractivity contribution is 5.89. The van der Waals surface area contributed by atoms with Gasteiger partial charge in [0.05, 0.1) is 0 Å². The molecule has 0 saturated heterocycles. The van der Waals surface area contributed by atoms with Gasteiger partial charge in [-0.15, -0.1) is 0 Å². The van der Waals surface area contributed by atoms with Gasteiger partial charge < -0.3 is 15.4 Å². The van der Waals surface area contributed by atoms with E-state index >= 15 is 0 Å². The molecular weight excluding hydrogens is 300 g/mol. The lowest BCUT2D eigenvalue weighted by molar-refractivity contribution is 0.234. The summed E-state index contributed by atoms with van der Waals surface area (Å²) in [4.78, 5) is 11.9. The van der Waals surface area contributed by atoms with Gasteiger partial charge in [0.25, 0.3) is 0 Å². The average Bonchev–Trinajstić information content (AvgIpc) is 2.58. The Labute approximate surface area is 144 Å². The molecule has 0 heterocycles. The quantitative estimate of drug-likeness (QED) is 0.718. The van der Waals surface area contributed by atoms with Crippen LogP contribution in [0.5, 0.6) is 5.75 Å². The Kier molecular flexibility index (Phi) is 6.67. The smallest absolute Gasteiger partial charge is 0.321 e. The van der Waals surface area contributed by atoms with Crippen LogP contribution in [0, 0.1) is 13.8 Å². The molecule has 4 heteroatoms. The summed E-state index contributed by atoms with van der Waals surface area (Å²) in [6.45, 7) is 6.35. The summed E-state index contributed by atoms with van der Waals surface area (Å²) in [5.74, 6) is 0.788. The topological polar surface area (TPSA) is 50.4 Å². The molecule has 0 saturated carbocycles. The molecule has 2 aromatic carbocycles. The van der Waals surface area contributed by atoms with Crippen molar-refractivity contribution in [2.24, 2.45) is 0 Å². The number of aryl methyl sites for hydroxylation is 2. The number of anilines is 1. The number of benzene rings is 2. The van der Waals surface area contributed by atoms with E-state index in [0.717, 1.165) is 23.4 Å². The van der Waals surface area contributed by atoms with Gasteiger partial charge in [-0.1, -0.05) is 37.6 Å². The zero-order chi connectivity index (χ0) is 17.4. The van der Waals surface area contributed by atoms with E-state index in [2.05, 4.69) is 29.7 Å². The molecule has 0 fully saturated rings. The Bertz CT molecular complexity index is 666. The van der Waals surface area contributed by atoms with Crippen molar-refractivity contribution in [3.8, 4) is 5.75 Å². The number of hydrogen-bond acceptors (Lipinski definition) is 2. The summed E-state index contributed by atoms with van der Waals surface area (Å²) in [6.07, 6.45) is 3.44. The summed E-state index contributed by atoms with van der Waals surface area (Å²) in [5, 5.41) is 5.51. The first kappa shape index (κ1) is 17.9. The van der Waals surface area contributed by atoms with Crippen molar-refractivity contribution in [2.45, 2.75) is 40.0 Å². The zero-order valence-corrected chi connectivity index (χ0v) is 14.7. The minimum absolute atomic E-state index is 0.130. The molecule has 0 aliphatic carbocycles. The molecule has 0 radical (unpaired) electrons. The maximum atomic E-state index is 11.9. The van der Waals surface area contributed by atoms with Crippen LogP contribution in [0.25, 0.3) is 0 Å². The maximum Gasteiger partial charge on any atom is 0.321 e. The first-order chi connectivity index (χ1) is 11.6. The van der Waals surface area contributed by atoms with Crippen molar-refractivity contribution >= 4 is 11.7 Å². The lowest BCUT2D eigenvalue weighted by atomic mass is 10.1. The van der Waals surface area contributed by atoms with Crippen molar-refractivity contribution in [3.63, 3.8) is 0 Å². The molecule has 4 nitrogen and oxygen atoms in total. The lowest BCUT2D eigenvalue weighted by Gasteiger charge is -2.12. The Morgan fingerprint density at radius 2 is 1.83 bits per heavy atom. The van der Waals surface area contributed by atoms with Gasteiger partial charge in [-0.05, 0) is 61.6 Å². The van der Waals surface area contributed by atoms with Gasteiger partial charge in [0.2, 0.25) is 0 Å². The fourth-order valence-electron chi connectivity index (χ4n) is 2.37. The van der Waals surface area contributed by atoms with Crippen molar-refractivity contribution in [2.75, 3.05) is 12.0 Å². The molecule has 0 aliphatic rings. The van der Waals surface area contributed by atoms with Crippen molar-refractivity contribution in [1.82, 2.24) is 5.32 Å². The third-order valence-electron chi connectivity index (χ3n) is 4.05. The number of nitrogens with one attached hydrogen (secondary N) is 2. The molecule has 0 aromatic heterocycles. The van der Waals surface area contributed by atoms with Gasteiger partial charge in [0, 0.05) is 5.69 Å². The van der Waals surface area contributed by atoms with Crippen molar-refractivity contribution in [1.29, 1.82) is 0 Å². The van der Waals surface area contributed by atoms with E-state index in [9.17, 15) is 4.79 Å². The Balaban J connectivity index is 1.78. The molecule has 0 unspecified atom stereocenters. The van der Waals surface area contributed by atoms with Gasteiger partial charge in [-0.2, -0.15) is 0 Å². The molecule has 0 bridgehead atoms. The second kappa shape index (κ2) is 8.96. The normalized spacial score (nSPS) is 10.3. The summed E-state index contributed by atoms with van der Waals surface area (Å²) < 4.78 is 5.62. The van der Waals surface area contributed by atoms with Crippen LogP contribution in [0.4, 0.5) is 10.5 Å². The fourth-order valence-corrected chi connectivity index (χ4v) is 2.37. The number of hydrogen-bond donors (Lipinski definition) is 2. The molecule has 2 rings (SSSR count). The van der Waals surface area contributed by atoms with E-state index in [1.54, 1.807) is 0 Å². The summed E-state index contributed by atoms with van der Waals surface area (Å²) >= 11 is 0. The number of carbonyl (C=O) groups excluding carboxylic acids is 1. The van der Waals surface area contributed by atoms with Gasteiger partial charge in [-0.3, -0.25) is 0 Å². The monoisotopic (exact) mass is 326 g/mol. The highest BCUT2D eigenvalue weighted by Crippen LogP contribution is 2.20. The predicted molar refractivity (Wildman–Crippen MR) is 98.6 cm³/mol. The minimum Gasteiger partial charge on any atom is -0.473 e. The molecule has 0 spiro atoms. The van der Waals surface area contributed by atoms with Crippen LogP contribution in [0.1, 0.15) is 36.5 Å². The highest BCUT2D eigenvalue weighted by atomic mass is 16.5. The third kappa shape index (κ3) is 5.30. The van der Waals surface area contributed by atoms with Crippen LogP contribution >= 0.6 is 0 Å². The number of unbranched alkanes of at least 4 members (excludes halogenated alkanes) is 1. The van der Waals surface area contributed by atoms with E-state index in [1.807, 2.05) is 44.2 Å². The van der Waals surface area contributed by atoms with E-state index in [0.29, 0.717) is 0 Å². The number of ether oxygens (including phenoxy) is 1. The van der Waals surface area contributed by atoms with Crippen LogP contribution < -0.4 is 15.4 Å². The van der Waals surface area contributed by atoms with Crippen LogP contribution in [0.15, 0.2) is 42.5 Å². The number of amides is 2. The first-order valence-corrected chi connectivity index (χ1v) is 8.43. The largest absolute Gasteiger partial charge is 0.473 e. The lowest BCUT2D eigenvalue weighted by Crippen LogP contribution is -2.32. The molecule has 2 amide bonds. The number of urea groups is 1. The summed E-state index contributed by atoms with van der Waals surface area (Å²) in [7, 11) is 0. The number of carbonyl (C=O) groups is 1. The molecule has 24 heavy (non-hydrogen) atoms. The van der Waals surface area contributed by atoms with Crippen LogP contribution in [0.3, 0.4) is 0 Å². The van der Waals surface area contributed by atoms with Crippen molar-refractivity contribution in [3.05, 3.63) is 59.2 Å². The minimum atomic E-state index is -0.276. The molecule has 2 N–H and O–H groups in total. The van der Waals surface area contributed by atoms with Gasteiger partial charge in [0.1, 0.15) is 5.75 Å². The van der Waals surface area contributed by atoms with Crippen LogP contribution in [0.2, 0.25) is 0 Å². The second-order valence-electron chi connectivity index (χ2n) is 5.92. The van der Waals surface area contributed by atoms with Crippen LogP contribution in [-0.4, -0.2) is 12.8 Å². The summed E-state index contributed by atoms with van der Waals surface area (Å²) in [6, 6.07) is 13.6. The zero-order valence-electron chi connectivity index (χ0n) is 14.7. The molecule has 2 aromatic rings. The van der Waals surface area contributed by atoms with E-state index in [4.69, 9.17) is 4.74 Å². The Morgan fingerprint density at radius 1 is 1.08 bits per heavy atom. The van der Waals surface area contributed by atoms with E-state index in [1.165, 1.54) is 24.0 Å². The third-order valence-corrected chi connectivity index (χ3v) is 4.05. The van der Waals surface area contributed by atoms with E-state index in [-0.39, 0.29) is 12.8 Å². The maximum absolute atomic E-state index is 11.9. The predicted octanol–water partition coefficient (Wildman–Crippen LogP) is 4.80. The molecule has 0 aliphatic heterocycles. The standard InChI is InChI=1S/C20H26N2O2/c1-4-5-8-17-10-12-18(13-11-17)22-20(23)21-14-24-19-9-6-7-15(2)16(19)3/h6-7,9-13H,4-5,8,14H2,1-3H3,(H2,21,22,23). The summed E-state index contributed by atoms with van der Waals surface area (Å²) in [5.41, 5.74) is 4.32. The van der Waals surface area contributed by atoms with Crippen LogP contribution in [-0.2, 0) is 6.42 Å². The second-order valence-corrected chi connectivity index (χ2v) is 5.92. The van der Waals surface area contributed by atoms with Gasteiger partial charge in [-0.25, -0.2) is 4.79 Å². The Morgan fingerprint density at radius 3 is 2.54 bits per heavy atom. The van der Waals surface area contributed by atoms with Gasteiger partial charge in [0.15, 0.2) is 6.73 Å². The molecule has 0 atom stereocenters. The first-order valence-electron chi connectivity index (χ1n) is 8.43. The van der Waals surface area contributed by atoms with Gasteiger partial charge >= 0.3 is 6.03 Å². The van der Waals surface area contributed by atoms with Crippen molar-refractivity contribution < 1.29 is 9.53 Å². The van der Waals surface area contributed by atoms with E-state index < -0.39 is 0 Å². The molecular formula is C20H26N2O2.